The van der Waals surface area contributed by atoms with Gasteiger partial charge < -0.3 is 21.5 Å². The van der Waals surface area contributed by atoms with Crippen LogP contribution in [0.2, 0.25) is 0 Å². The van der Waals surface area contributed by atoms with Gasteiger partial charge in [0.15, 0.2) is 0 Å². The minimum Gasteiger partial charge on any atom is -0.378 e. The van der Waals surface area contributed by atoms with Crippen LogP contribution in [0.5, 0.6) is 0 Å². The van der Waals surface area contributed by atoms with Gasteiger partial charge in [-0.15, -0.1) is 0 Å². The molecule has 1 saturated heterocycles. The number of hydrogen-bond donors (Lipinski definition) is 3. The monoisotopic (exact) mass is 339 g/mol. The van der Waals surface area contributed by atoms with Gasteiger partial charge >= 0.3 is 0 Å². The lowest BCUT2D eigenvalue weighted by Crippen LogP contribution is -2.69. The number of amides is 1. The first-order chi connectivity index (χ1) is 9.58. The number of hydrogen-bond acceptors (Lipinski definition) is 4. The van der Waals surface area contributed by atoms with Crippen molar-refractivity contribution in [2.45, 2.75) is 31.0 Å². The molecule has 5 nitrogen and oxygen atoms in total. The van der Waals surface area contributed by atoms with E-state index in [2.05, 4.69) is 21.2 Å². The zero-order valence-corrected chi connectivity index (χ0v) is 12.6. The number of anilines is 1. The molecule has 0 radical (unpaired) electrons. The van der Waals surface area contributed by atoms with E-state index in [0.29, 0.717) is 16.0 Å². The number of ether oxygens (including phenoxy) is 1. The Bertz CT molecular complexity index is 537. The van der Waals surface area contributed by atoms with E-state index in [9.17, 15) is 4.79 Å². The fourth-order valence-corrected chi connectivity index (χ4v) is 3.70. The van der Waals surface area contributed by atoms with Crippen molar-refractivity contribution < 1.29 is 9.53 Å². The third-order valence-electron chi connectivity index (χ3n) is 4.24. The summed E-state index contributed by atoms with van der Waals surface area (Å²) in [5, 5.41) is 3.40. The molecule has 20 heavy (non-hydrogen) atoms. The number of nitrogens with one attached hydrogen (secondary N) is 1. The van der Waals surface area contributed by atoms with Gasteiger partial charge in [-0.2, -0.15) is 0 Å². The van der Waals surface area contributed by atoms with Gasteiger partial charge in [0.2, 0.25) is 5.91 Å². The minimum atomic E-state index is -0.445. The Balaban J connectivity index is 1.72. The first-order valence-electron chi connectivity index (χ1n) is 6.81. The quantitative estimate of drug-likeness (QED) is 0.777. The highest BCUT2D eigenvalue weighted by Crippen LogP contribution is 2.38. The predicted octanol–water partition coefficient (Wildman–Crippen LogP) is 1.46. The van der Waals surface area contributed by atoms with E-state index in [-0.39, 0.29) is 18.2 Å². The molecule has 1 heterocycles. The van der Waals surface area contributed by atoms with Crippen molar-refractivity contribution in [3.05, 3.63) is 28.2 Å². The van der Waals surface area contributed by atoms with Crippen molar-refractivity contribution >= 4 is 27.5 Å². The standard InChI is InChI=1S/C14H18BrN3O2/c15-10-6-7(3-4-8(10)14(17)19)18-12-11(16)9-2-1-5-20-13(9)12/h3-4,6,9,11-13,18H,1-2,5,16H2,(H2,17,19). The Morgan fingerprint density at radius 2 is 2.25 bits per heavy atom. The Labute approximate surface area is 126 Å². The number of carbonyl (C=O) groups excluding carboxylic acids is 1. The summed E-state index contributed by atoms with van der Waals surface area (Å²) in [5.41, 5.74) is 12.9. The molecule has 5 N–H and O–H groups in total. The second-order valence-electron chi connectivity index (χ2n) is 5.45. The van der Waals surface area contributed by atoms with Crippen molar-refractivity contribution in [2.24, 2.45) is 17.4 Å². The topological polar surface area (TPSA) is 90.4 Å². The van der Waals surface area contributed by atoms with E-state index < -0.39 is 5.91 Å². The van der Waals surface area contributed by atoms with E-state index in [0.717, 1.165) is 25.1 Å². The van der Waals surface area contributed by atoms with Gasteiger partial charge in [-0.1, -0.05) is 0 Å². The molecule has 0 spiro atoms. The molecular formula is C14H18BrN3O2. The number of nitrogens with two attached hydrogens (primary N) is 2. The number of benzene rings is 1. The molecule has 0 aromatic heterocycles. The Hall–Kier alpha value is -1.11. The second kappa shape index (κ2) is 5.35. The van der Waals surface area contributed by atoms with Crippen LogP contribution >= 0.6 is 15.9 Å². The predicted molar refractivity (Wildman–Crippen MR) is 80.5 cm³/mol. The first-order valence-corrected chi connectivity index (χ1v) is 7.60. The SMILES string of the molecule is NC(=O)c1ccc(NC2C(N)C3CCCOC32)cc1Br. The van der Waals surface area contributed by atoms with Crippen LogP contribution in [0.1, 0.15) is 23.2 Å². The molecule has 1 saturated carbocycles. The average molecular weight is 340 g/mol. The van der Waals surface area contributed by atoms with E-state index in [1.165, 1.54) is 0 Å². The smallest absolute Gasteiger partial charge is 0.249 e. The van der Waals surface area contributed by atoms with Crippen molar-refractivity contribution in [1.82, 2.24) is 0 Å². The molecule has 4 unspecified atom stereocenters. The van der Waals surface area contributed by atoms with Gasteiger partial charge in [-0.25, -0.2) is 0 Å². The summed E-state index contributed by atoms with van der Waals surface area (Å²) in [6.45, 7) is 0.816. The lowest BCUT2D eigenvalue weighted by molar-refractivity contribution is -0.104. The molecule has 0 bridgehead atoms. The summed E-state index contributed by atoms with van der Waals surface area (Å²) in [6, 6.07) is 5.65. The summed E-state index contributed by atoms with van der Waals surface area (Å²) in [4.78, 5) is 11.2. The number of carbonyl (C=O) groups is 1. The van der Waals surface area contributed by atoms with Crippen molar-refractivity contribution in [1.29, 1.82) is 0 Å². The average Bonchev–Trinajstić information content (AvgIpc) is 2.44. The highest BCUT2D eigenvalue weighted by molar-refractivity contribution is 9.10. The molecule has 1 amide bonds. The molecule has 108 valence electrons. The summed E-state index contributed by atoms with van der Waals surface area (Å²) in [5.74, 6) is 0.0223. The number of fused-ring (bicyclic) bond motifs is 1. The molecule has 6 heteroatoms. The lowest BCUT2D eigenvalue weighted by Gasteiger charge is -2.52. The van der Waals surface area contributed by atoms with Crippen LogP contribution < -0.4 is 16.8 Å². The summed E-state index contributed by atoms with van der Waals surface area (Å²) < 4.78 is 6.48. The molecule has 1 aliphatic heterocycles. The Kier molecular flexibility index (Phi) is 3.70. The summed E-state index contributed by atoms with van der Waals surface area (Å²) in [6.07, 6.45) is 2.45. The Morgan fingerprint density at radius 1 is 1.45 bits per heavy atom. The largest absolute Gasteiger partial charge is 0.378 e. The van der Waals surface area contributed by atoms with Crippen LogP contribution in [0.3, 0.4) is 0 Å². The molecular weight excluding hydrogens is 322 g/mol. The van der Waals surface area contributed by atoms with Gasteiger partial charge in [0.25, 0.3) is 0 Å². The van der Waals surface area contributed by atoms with Crippen LogP contribution in [-0.2, 0) is 4.74 Å². The third kappa shape index (κ3) is 2.32. The van der Waals surface area contributed by atoms with Gasteiger partial charge in [0.05, 0.1) is 17.7 Å². The lowest BCUT2D eigenvalue weighted by atomic mass is 9.68. The maximum Gasteiger partial charge on any atom is 0.249 e. The van der Waals surface area contributed by atoms with Gasteiger partial charge in [-0.05, 0) is 47.0 Å². The van der Waals surface area contributed by atoms with E-state index in [1.54, 1.807) is 6.07 Å². The van der Waals surface area contributed by atoms with Gasteiger partial charge in [-0.3, -0.25) is 4.79 Å². The summed E-state index contributed by atoms with van der Waals surface area (Å²) >= 11 is 3.36. The van der Waals surface area contributed by atoms with Crippen LogP contribution in [0.25, 0.3) is 0 Å². The van der Waals surface area contributed by atoms with E-state index in [4.69, 9.17) is 16.2 Å². The first kappa shape index (κ1) is 13.9. The molecule has 1 aliphatic carbocycles. The zero-order valence-electron chi connectivity index (χ0n) is 11.0. The van der Waals surface area contributed by atoms with Gasteiger partial charge in [0, 0.05) is 28.7 Å². The number of rotatable bonds is 3. The van der Waals surface area contributed by atoms with Crippen LogP contribution in [0.4, 0.5) is 5.69 Å². The second-order valence-corrected chi connectivity index (χ2v) is 6.30. The molecule has 4 atom stereocenters. The number of halogens is 1. The van der Waals surface area contributed by atoms with E-state index in [1.807, 2.05) is 12.1 Å². The van der Waals surface area contributed by atoms with Crippen molar-refractivity contribution in [3.63, 3.8) is 0 Å². The molecule has 1 aromatic carbocycles. The van der Waals surface area contributed by atoms with E-state index >= 15 is 0 Å². The van der Waals surface area contributed by atoms with Crippen molar-refractivity contribution in [3.8, 4) is 0 Å². The van der Waals surface area contributed by atoms with Crippen LogP contribution in [0, 0.1) is 5.92 Å². The highest BCUT2D eigenvalue weighted by atomic mass is 79.9. The third-order valence-corrected chi connectivity index (χ3v) is 4.90. The normalized spacial score (nSPS) is 32.1. The fourth-order valence-electron chi connectivity index (χ4n) is 3.12. The van der Waals surface area contributed by atoms with Crippen LogP contribution in [-0.4, -0.2) is 30.7 Å². The maximum atomic E-state index is 11.2. The highest BCUT2D eigenvalue weighted by Gasteiger charge is 2.50. The molecule has 3 rings (SSSR count). The fraction of sp³-hybridized carbons (Fsp3) is 0.500. The molecule has 2 aliphatic rings. The molecule has 1 aromatic rings. The van der Waals surface area contributed by atoms with Crippen molar-refractivity contribution in [2.75, 3.05) is 11.9 Å². The van der Waals surface area contributed by atoms with Crippen LogP contribution in [0.15, 0.2) is 22.7 Å². The van der Waals surface area contributed by atoms with Gasteiger partial charge in [0.1, 0.15) is 0 Å². The minimum absolute atomic E-state index is 0.120. The molecule has 2 fully saturated rings. The summed E-state index contributed by atoms with van der Waals surface area (Å²) in [7, 11) is 0. The Morgan fingerprint density at radius 3 is 2.95 bits per heavy atom. The number of primary amides is 1. The maximum absolute atomic E-state index is 11.2. The zero-order chi connectivity index (χ0) is 14.3.